The van der Waals surface area contributed by atoms with Crippen LogP contribution in [0.15, 0.2) is 95.8 Å². The maximum atomic E-state index is 14.1. The van der Waals surface area contributed by atoms with Gasteiger partial charge in [-0.3, -0.25) is 9.69 Å². The molecule has 1 aromatic heterocycles. The molecule has 35 heavy (non-hydrogen) atoms. The van der Waals surface area contributed by atoms with Crippen molar-refractivity contribution in [3.05, 3.63) is 129 Å². The van der Waals surface area contributed by atoms with Gasteiger partial charge in [0.15, 0.2) is 0 Å². The molecule has 0 bridgehead atoms. The Bertz CT molecular complexity index is 1560. The van der Waals surface area contributed by atoms with Gasteiger partial charge in [-0.1, -0.05) is 61.5 Å². The summed E-state index contributed by atoms with van der Waals surface area (Å²) in [5, 5.41) is 3.40. The number of aromatic amines is 1. The molecule has 5 rings (SSSR count). The summed E-state index contributed by atoms with van der Waals surface area (Å²) in [5.74, 6) is -0.254. The van der Waals surface area contributed by atoms with Crippen LogP contribution in [0.2, 0.25) is 0 Å². The van der Waals surface area contributed by atoms with E-state index in [0.717, 1.165) is 28.5 Å². The van der Waals surface area contributed by atoms with E-state index in [1.807, 2.05) is 30.3 Å². The van der Waals surface area contributed by atoms with Crippen LogP contribution in [0.25, 0.3) is 21.7 Å². The third-order valence-electron chi connectivity index (χ3n) is 6.85. The first-order chi connectivity index (χ1) is 17.0. The third kappa shape index (κ3) is 5.03. The lowest BCUT2D eigenvalue weighted by Gasteiger charge is -2.30. The standard InChI is InChI=1S/C31H29FN2O/c1-3-22-12-14-30-27(15-22)17-28(31(35)33-30)20-34(21(2)25-9-6-10-29(32)18-25)19-23-11-13-24-7-4-5-8-26(24)16-23/h4-18,21H,3,19-20H2,1-2H3,(H,33,35). The number of aromatic nitrogens is 1. The Balaban J connectivity index is 1.53. The minimum Gasteiger partial charge on any atom is -0.322 e. The van der Waals surface area contributed by atoms with Crippen molar-refractivity contribution in [2.75, 3.05) is 0 Å². The van der Waals surface area contributed by atoms with Crippen molar-refractivity contribution in [1.82, 2.24) is 9.88 Å². The van der Waals surface area contributed by atoms with Crippen LogP contribution in [-0.2, 0) is 19.5 Å². The van der Waals surface area contributed by atoms with Crippen LogP contribution in [0.5, 0.6) is 0 Å². The van der Waals surface area contributed by atoms with Crippen LogP contribution in [0, 0.1) is 5.82 Å². The molecule has 4 aromatic carbocycles. The molecule has 0 aliphatic carbocycles. The zero-order valence-corrected chi connectivity index (χ0v) is 20.1. The average Bonchev–Trinajstić information content (AvgIpc) is 2.88. The average molecular weight is 465 g/mol. The highest BCUT2D eigenvalue weighted by molar-refractivity contribution is 5.83. The number of aryl methyl sites for hydroxylation is 1. The Labute approximate surface area is 204 Å². The summed E-state index contributed by atoms with van der Waals surface area (Å²) in [6, 6.07) is 29.5. The number of rotatable bonds is 7. The summed E-state index contributed by atoms with van der Waals surface area (Å²) in [4.78, 5) is 18.3. The van der Waals surface area contributed by atoms with E-state index in [9.17, 15) is 9.18 Å². The zero-order valence-electron chi connectivity index (χ0n) is 20.1. The molecule has 1 unspecified atom stereocenters. The molecule has 0 saturated heterocycles. The van der Waals surface area contributed by atoms with Crippen molar-refractivity contribution in [3.8, 4) is 0 Å². The van der Waals surface area contributed by atoms with Crippen LogP contribution < -0.4 is 5.56 Å². The monoisotopic (exact) mass is 464 g/mol. The van der Waals surface area contributed by atoms with E-state index in [1.54, 1.807) is 12.1 Å². The lowest BCUT2D eigenvalue weighted by molar-refractivity contribution is 0.191. The van der Waals surface area contributed by atoms with E-state index in [2.05, 4.69) is 66.2 Å². The molecule has 0 amide bonds. The van der Waals surface area contributed by atoms with Crippen molar-refractivity contribution in [2.45, 2.75) is 39.4 Å². The van der Waals surface area contributed by atoms with Gasteiger partial charge in [0, 0.05) is 30.2 Å². The predicted molar refractivity (Wildman–Crippen MR) is 142 cm³/mol. The van der Waals surface area contributed by atoms with E-state index < -0.39 is 0 Å². The maximum Gasteiger partial charge on any atom is 0.252 e. The molecular formula is C31H29FN2O. The van der Waals surface area contributed by atoms with Gasteiger partial charge in [-0.2, -0.15) is 0 Å². The van der Waals surface area contributed by atoms with Crippen molar-refractivity contribution in [3.63, 3.8) is 0 Å². The first-order valence-corrected chi connectivity index (χ1v) is 12.1. The minimum absolute atomic E-state index is 0.0864. The quantitative estimate of drug-likeness (QED) is 0.278. The van der Waals surface area contributed by atoms with Crippen molar-refractivity contribution in [2.24, 2.45) is 0 Å². The SMILES string of the molecule is CCc1ccc2[nH]c(=O)c(CN(Cc3ccc4ccccc4c3)C(C)c3cccc(F)c3)cc2c1. The molecule has 0 radical (unpaired) electrons. The van der Waals surface area contributed by atoms with Crippen molar-refractivity contribution < 1.29 is 4.39 Å². The fraction of sp³-hybridized carbons (Fsp3) is 0.194. The number of fused-ring (bicyclic) bond motifs is 2. The van der Waals surface area contributed by atoms with E-state index in [1.165, 1.54) is 22.4 Å². The second-order valence-electron chi connectivity index (χ2n) is 9.22. The number of hydrogen-bond acceptors (Lipinski definition) is 2. The molecule has 1 atom stereocenters. The van der Waals surface area contributed by atoms with E-state index >= 15 is 0 Å². The van der Waals surface area contributed by atoms with Gasteiger partial charge in [-0.25, -0.2) is 4.39 Å². The molecule has 0 aliphatic rings. The Hall–Kier alpha value is -3.76. The molecule has 176 valence electrons. The molecule has 3 nitrogen and oxygen atoms in total. The van der Waals surface area contributed by atoms with E-state index in [4.69, 9.17) is 0 Å². The number of halogens is 1. The summed E-state index contributed by atoms with van der Waals surface area (Å²) in [7, 11) is 0. The molecule has 1 heterocycles. The Morgan fingerprint density at radius 3 is 2.37 bits per heavy atom. The molecular weight excluding hydrogens is 435 g/mol. The second kappa shape index (κ2) is 9.85. The maximum absolute atomic E-state index is 14.1. The van der Waals surface area contributed by atoms with Gasteiger partial charge < -0.3 is 4.98 Å². The summed E-state index contributed by atoms with van der Waals surface area (Å²) >= 11 is 0. The van der Waals surface area contributed by atoms with Crippen molar-refractivity contribution in [1.29, 1.82) is 0 Å². The van der Waals surface area contributed by atoms with Gasteiger partial charge in [0.05, 0.1) is 0 Å². The highest BCUT2D eigenvalue weighted by Crippen LogP contribution is 2.27. The highest BCUT2D eigenvalue weighted by Gasteiger charge is 2.19. The van der Waals surface area contributed by atoms with Gasteiger partial charge in [0.25, 0.3) is 5.56 Å². The summed E-state index contributed by atoms with van der Waals surface area (Å²) < 4.78 is 14.1. The Kier molecular flexibility index (Phi) is 6.47. The molecule has 5 aromatic rings. The molecule has 4 heteroatoms. The normalized spacial score (nSPS) is 12.5. The van der Waals surface area contributed by atoms with Crippen LogP contribution in [0.1, 0.15) is 42.1 Å². The number of H-pyrrole nitrogens is 1. The van der Waals surface area contributed by atoms with E-state index in [-0.39, 0.29) is 17.4 Å². The molecule has 0 fully saturated rings. The smallest absolute Gasteiger partial charge is 0.252 e. The predicted octanol–water partition coefficient (Wildman–Crippen LogP) is 7.15. The zero-order chi connectivity index (χ0) is 24.4. The van der Waals surface area contributed by atoms with E-state index in [0.29, 0.717) is 18.7 Å². The topological polar surface area (TPSA) is 36.1 Å². The minimum atomic E-state index is -0.254. The molecule has 0 saturated carbocycles. The number of hydrogen-bond donors (Lipinski definition) is 1. The molecule has 1 N–H and O–H groups in total. The van der Waals surface area contributed by atoms with Crippen LogP contribution in [-0.4, -0.2) is 9.88 Å². The first kappa shape index (κ1) is 23.0. The fourth-order valence-corrected chi connectivity index (χ4v) is 4.74. The van der Waals surface area contributed by atoms with Crippen molar-refractivity contribution >= 4 is 21.7 Å². The summed E-state index contributed by atoms with van der Waals surface area (Å²) in [5.41, 5.74) is 4.73. The van der Waals surface area contributed by atoms with Gasteiger partial charge in [0.1, 0.15) is 5.82 Å². The number of nitrogens with zero attached hydrogens (tertiary/aromatic N) is 1. The summed E-state index contributed by atoms with van der Waals surface area (Å²) in [6.07, 6.45) is 0.940. The molecule has 0 spiro atoms. The van der Waals surface area contributed by atoms with Gasteiger partial charge in [0.2, 0.25) is 0 Å². The van der Waals surface area contributed by atoms with Gasteiger partial charge in [-0.05, 0) is 82.6 Å². The number of pyridine rings is 1. The van der Waals surface area contributed by atoms with Gasteiger partial charge in [-0.15, -0.1) is 0 Å². The summed E-state index contributed by atoms with van der Waals surface area (Å²) in [6.45, 7) is 5.28. The lowest BCUT2D eigenvalue weighted by Crippen LogP contribution is -2.29. The highest BCUT2D eigenvalue weighted by atomic mass is 19.1. The number of benzene rings is 4. The largest absolute Gasteiger partial charge is 0.322 e. The van der Waals surface area contributed by atoms with Crippen LogP contribution >= 0.6 is 0 Å². The van der Waals surface area contributed by atoms with Crippen LogP contribution in [0.3, 0.4) is 0 Å². The third-order valence-corrected chi connectivity index (χ3v) is 6.85. The number of nitrogens with one attached hydrogen (secondary N) is 1. The Morgan fingerprint density at radius 2 is 1.57 bits per heavy atom. The first-order valence-electron chi connectivity index (χ1n) is 12.1. The lowest BCUT2D eigenvalue weighted by atomic mass is 10.0. The molecule has 0 aliphatic heterocycles. The Morgan fingerprint density at radius 1 is 0.800 bits per heavy atom. The van der Waals surface area contributed by atoms with Crippen LogP contribution in [0.4, 0.5) is 4.39 Å². The second-order valence-corrected chi connectivity index (χ2v) is 9.22. The van der Waals surface area contributed by atoms with Gasteiger partial charge >= 0.3 is 0 Å². The fourth-order valence-electron chi connectivity index (χ4n) is 4.74.